The summed E-state index contributed by atoms with van der Waals surface area (Å²) in [5.74, 6) is 0.557. The van der Waals surface area contributed by atoms with Crippen LogP contribution in [0.4, 0.5) is 0 Å². The second-order valence-corrected chi connectivity index (χ2v) is 5.82. The van der Waals surface area contributed by atoms with Gasteiger partial charge in [0.2, 0.25) is 5.91 Å². The number of amides is 1. The lowest BCUT2D eigenvalue weighted by Crippen LogP contribution is -2.61. The van der Waals surface area contributed by atoms with Crippen LogP contribution in [0.3, 0.4) is 0 Å². The molecule has 0 spiro atoms. The summed E-state index contributed by atoms with van der Waals surface area (Å²) in [6.07, 6.45) is 7.45. The summed E-state index contributed by atoms with van der Waals surface area (Å²) in [5, 5.41) is 0. The van der Waals surface area contributed by atoms with Crippen molar-refractivity contribution >= 4 is 5.91 Å². The molecule has 0 aromatic heterocycles. The fourth-order valence-electron chi connectivity index (χ4n) is 3.61. The topological polar surface area (TPSA) is 32.8 Å². The van der Waals surface area contributed by atoms with Crippen molar-refractivity contribution in [1.82, 2.24) is 9.80 Å². The summed E-state index contributed by atoms with van der Waals surface area (Å²) >= 11 is 0. The van der Waals surface area contributed by atoms with Crippen molar-refractivity contribution in [1.29, 1.82) is 0 Å². The number of rotatable bonds is 2. The molecule has 2 fully saturated rings. The molecule has 19 heavy (non-hydrogen) atoms. The Bertz CT molecular complexity index is 355. The summed E-state index contributed by atoms with van der Waals surface area (Å²) in [6.45, 7) is 6.82. The molecule has 0 radical (unpaired) electrons. The number of hydrogen-bond donors (Lipinski definition) is 0. The number of hydrogen-bond acceptors (Lipinski definition) is 3. The lowest BCUT2D eigenvalue weighted by Gasteiger charge is -2.47. The molecule has 0 saturated carbocycles. The van der Waals surface area contributed by atoms with E-state index in [1.165, 1.54) is 0 Å². The van der Waals surface area contributed by atoms with Crippen LogP contribution in [-0.4, -0.2) is 60.6 Å². The van der Waals surface area contributed by atoms with E-state index < -0.39 is 0 Å². The average Bonchev–Trinajstić information content (AvgIpc) is 2.99. The van der Waals surface area contributed by atoms with Crippen LogP contribution in [0.1, 0.15) is 26.2 Å². The van der Waals surface area contributed by atoms with Gasteiger partial charge in [-0.2, -0.15) is 0 Å². The van der Waals surface area contributed by atoms with Crippen molar-refractivity contribution in [2.45, 2.75) is 38.3 Å². The van der Waals surface area contributed by atoms with E-state index in [9.17, 15) is 4.79 Å². The molecule has 3 rings (SSSR count). The first-order valence-corrected chi connectivity index (χ1v) is 7.59. The molecule has 4 heteroatoms. The van der Waals surface area contributed by atoms with Gasteiger partial charge in [-0.3, -0.25) is 9.69 Å². The zero-order chi connectivity index (χ0) is 13.2. The smallest absolute Gasteiger partial charge is 0.226 e. The highest BCUT2D eigenvalue weighted by Crippen LogP contribution is 2.26. The molecule has 0 unspecified atom stereocenters. The molecule has 0 N–H and O–H groups in total. The van der Waals surface area contributed by atoms with Crippen molar-refractivity contribution in [3.63, 3.8) is 0 Å². The minimum Gasteiger partial charge on any atom is -0.375 e. The van der Waals surface area contributed by atoms with E-state index in [4.69, 9.17) is 4.74 Å². The monoisotopic (exact) mass is 264 g/mol. The van der Waals surface area contributed by atoms with Gasteiger partial charge >= 0.3 is 0 Å². The summed E-state index contributed by atoms with van der Waals surface area (Å²) in [4.78, 5) is 17.0. The Labute approximate surface area is 115 Å². The zero-order valence-corrected chi connectivity index (χ0v) is 11.8. The molecule has 2 saturated heterocycles. The first kappa shape index (κ1) is 13.1. The number of fused-ring (bicyclic) bond motifs is 1. The standard InChI is InChI=1S/C15H24N2O2/c1-2-16-9-10-19-14-7-8-17(11-13(14)16)15(18)12-5-3-4-6-12/h3-4,12-14H,2,5-11H2,1H3/t13-,14-/m1/s1. The molecule has 1 amide bonds. The number of carbonyl (C=O) groups excluding carboxylic acids is 1. The molecule has 0 bridgehead atoms. The lowest BCUT2D eigenvalue weighted by atomic mass is 9.96. The number of carbonyl (C=O) groups is 1. The third-order valence-electron chi connectivity index (χ3n) is 4.77. The van der Waals surface area contributed by atoms with Gasteiger partial charge in [-0.05, 0) is 25.8 Å². The van der Waals surface area contributed by atoms with Gasteiger partial charge in [-0.15, -0.1) is 0 Å². The molecule has 2 aliphatic heterocycles. The van der Waals surface area contributed by atoms with Crippen LogP contribution in [0.15, 0.2) is 12.2 Å². The minimum absolute atomic E-state index is 0.205. The Morgan fingerprint density at radius 3 is 2.84 bits per heavy atom. The van der Waals surface area contributed by atoms with Gasteiger partial charge in [0.05, 0.1) is 18.8 Å². The van der Waals surface area contributed by atoms with E-state index in [1.807, 2.05) is 0 Å². The Kier molecular flexibility index (Phi) is 3.89. The van der Waals surface area contributed by atoms with Crippen molar-refractivity contribution < 1.29 is 9.53 Å². The van der Waals surface area contributed by atoms with E-state index in [0.29, 0.717) is 18.1 Å². The summed E-state index contributed by atoms with van der Waals surface area (Å²) in [6, 6.07) is 0.408. The highest BCUT2D eigenvalue weighted by molar-refractivity contribution is 5.79. The minimum atomic E-state index is 0.205. The maximum atomic E-state index is 12.5. The van der Waals surface area contributed by atoms with Crippen molar-refractivity contribution in [3.8, 4) is 0 Å². The average molecular weight is 264 g/mol. The van der Waals surface area contributed by atoms with Gasteiger partial charge in [0.15, 0.2) is 0 Å². The van der Waals surface area contributed by atoms with E-state index >= 15 is 0 Å². The highest BCUT2D eigenvalue weighted by atomic mass is 16.5. The van der Waals surface area contributed by atoms with Crippen molar-refractivity contribution in [2.24, 2.45) is 5.92 Å². The van der Waals surface area contributed by atoms with Crippen LogP contribution in [0, 0.1) is 5.92 Å². The number of allylic oxidation sites excluding steroid dienone is 2. The predicted octanol–water partition coefficient (Wildman–Crippen LogP) is 1.27. The normalized spacial score (nSPS) is 32.6. The Morgan fingerprint density at radius 1 is 1.32 bits per heavy atom. The van der Waals surface area contributed by atoms with Crippen LogP contribution < -0.4 is 0 Å². The number of piperidine rings is 1. The Morgan fingerprint density at radius 2 is 2.11 bits per heavy atom. The molecular weight excluding hydrogens is 240 g/mol. The molecule has 4 nitrogen and oxygen atoms in total. The summed E-state index contributed by atoms with van der Waals surface area (Å²) in [5.41, 5.74) is 0. The second-order valence-electron chi connectivity index (χ2n) is 5.82. The van der Waals surface area contributed by atoms with Crippen LogP contribution >= 0.6 is 0 Å². The number of morpholine rings is 1. The quantitative estimate of drug-likeness (QED) is 0.704. The van der Waals surface area contributed by atoms with E-state index in [1.54, 1.807) is 0 Å². The fraction of sp³-hybridized carbons (Fsp3) is 0.800. The van der Waals surface area contributed by atoms with Gasteiger partial charge in [0.25, 0.3) is 0 Å². The first-order valence-electron chi connectivity index (χ1n) is 7.59. The summed E-state index contributed by atoms with van der Waals surface area (Å²) in [7, 11) is 0. The molecule has 106 valence electrons. The predicted molar refractivity (Wildman–Crippen MR) is 73.8 cm³/mol. The molecule has 0 aromatic rings. The van der Waals surface area contributed by atoms with E-state index in [0.717, 1.165) is 52.0 Å². The van der Waals surface area contributed by atoms with Gasteiger partial charge in [-0.25, -0.2) is 0 Å². The number of ether oxygens (including phenoxy) is 1. The van der Waals surface area contributed by atoms with Gasteiger partial charge in [-0.1, -0.05) is 19.1 Å². The van der Waals surface area contributed by atoms with E-state index in [2.05, 4.69) is 28.9 Å². The molecule has 0 aromatic carbocycles. The van der Waals surface area contributed by atoms with Crippen molar-refractivity contribution in [3.05, 3.63) is 12.2 Å². The summed E-state index contributed by atoms with van der Waals surface area (Å²) < 4.78 is 5.88. The maximum absolute atomic E-state index is 12.5. The van der Waals surface area contributed by atoms with Crippen LogP contribution in [0.5, 0.6) is 0 Å². The van der Waals surface area contributed by atoms with Gasteiger partial charge < -0.3 is 9.64 Å². The third kappa shape index (κ3) is 2.56. The zero-order valence-electron chi connectivity index (χ0n) is 11.8. The molecule has 2 atom stereocenters. The second kappa shape index (κ2) is 5.63. The maximum Gasteiger partial charge on any atom is 0.226 e. The van der Waals surface area contributed by atoms with Crippen LogP contribution in [0.2, 0.25) is 0 Å². The third-order valence-corrected chi connectivity index (χ3v) is 4.77. The molecule has 2 heterocycles. The molecule has 1 aliphatic carbocycles. The van der Waals surface area contributed by atoms with E-state index in [-0.39, 0.29) is 5.92 Å². The van der Waals surface area contributed by atoms with Crippen molar-refractivity contribution in [2.75, 3.05) is 32.8 Å². The van der Waals surface area contributed by atoms with Crippen LogP contribution in [0.25, 0.3) is 0 Å². The lowest BCUT2D eigenvalue weighted by molar-refractivity contribution is -0.146. The highest BCUT2D eigenvalue weighted by Gasteiger charge is 2.38. The molecular formula is C15H24N2O2. The van der Waals surface area contributed by atoms with Gasteiger partial charge in [0, 0.05) is 25.6 Å². The fourth-order valence-corrected chi connectivity index (χ4v) is 3.61. The van der Waals surface area contributed by atoms with Crippen LogP contribution in [-0.2, 0) is 9.53 Å². The Hall–Kier alpha value is -0.870. The first-order chi connectivity index (χ1) is 9.29. The SMILES string of the molecule is CCN1CCO[C@@H]2CCN(C(=O)C3CC=CC3)C[C@H]21. The Balaban J connectivity index is 1.64. The number of likely N-dealkylation sites (N-methyl/N-ethyl adjacent to an activating group) is 1. The number of nitrogens with zero attached hydrogens (tertiary/aromatic N) is 2. The molecule has 3 aliphatic rings. The van der Waals surface area contributed by atoms with Gasteiger partial charge in [0.1, 0.15) is 0 Å². The number of likely N-dealkylation sites (tertiary alicyclic amines) is 1. The largest absolute Gasteiger partial charge is 0.375 e.